The molecule has 0 bridgehead atoms. The van der Waals surface area contributed by atoms with E-state index in [4.69, 9.17) is 32.7 Å². The Morgan fingerprint density at radius 1 is 0.972 bits per heavy atom. The molecule has 184 valence electrons. The van der Waals surface area contributed by atoms with Crippen LogP contribution in [0.2, 0.25) is 10.0 Å². The molecular weight excluding hydrogens is 639 g/mol. The lowest BCUT2D eigenvalue weighted by atomic mass is 10.1. The van der Waals surface area contributed by atoms with Crippen LogP contribution in [-0.2, 0) is 16.2 Å². The van der Waals surface area contributed by atoms with Gasteiger partial charge in [-0.25, -0.2) is 9.69 Å². The van der Waals surface area contributed by atoms with Crippen LogP contribution < -0.4 is 19.7 Å². The number of carbonyl (C=O) groups is 3. The fraction of sp³-hybridized carbons (Fsp3) is 0.0800. The summed E-state index contributed by atoms with van der Waals surface area (Å²) in [6.45, 7) is 0.174. The maximum atomic E-state index is 13.2. The topological polar surface area (TPSA) is 84.9 Å². The molecule has 0 unspecified atom stereocenters. The second kappa shape index (κ2) is 11.0. The minimum atomic E-state index is -0.822. The summed E-state index contributed by atoms with van der Waals surface area (Å²) in [5, 5.41) is 3.05. The lowest BCUT2D eigenvalue weighted by Crippen LogP contribution is -2.54. The number of nitrogens with one attached hydrogen (secondary N) is 1. The summed E-state index contributed by atoms with van der Waals surface area (Å²) in [5.41, 5.74) is 1.34. The molecule has 1 fully saturated rings. The van der Waals surface area contributed by atoms with Crippen molar-refractivity contribution in [3.63, 3.8) is 0 Å². The number of hydrogen-bond donors (Lipinski definition) is 1. The highest BCUT2D eigenvalue weighted by molar-refractivity contribution is 9.13. The van der Waals surface area contributed by atoms with Gasteiger partial charge < -0.3 is 9.47 Å². The molecule has 4 amide bonds. The molecule has 0 spiro atoms. The van der Waals surface area contributed by atoms with Gasteiger partial charge in [0.25, 0.3) is 11.8 Å². The van der Waals surface area contributed by atoms with Crippen LogP contribution in [0.5, 0.6) is 11.5 Å². The number of imide groups is 2. The molecular formula is C25H16Br2Cl2N2O5. The highest BCUT2D eigenvalue weighted by Crippen LogP contribution is 2.44. The molecule has 0 aliphatic carbocycles. The zero-order valence-corrected chi connectivity index (χ0v) is 23.2. The van der Waals surface area contributed by atoms with E-state index in [-0.39, 0.29) is 12.2 Å². The van der Waals surface area contributed by atoms with Gasteiger partial charge in [-0.05, 0) is 79.4 Å². The van der Waals surface area contributed by atoms with Gasteiger partial charge in [0.15, 0.2) is 11.5 Å². The van der Waals surface area contributed by atoms with E-state index in [1.807, 2.05) is 0 Å². The molecule has 3 aromatic rings. The van der Waals surface area contributed by atoms with E-state index in [2.05, 4.69) is 37.2 Å². The SMILES string of the molecule is COc1cc(/C=C2\C(=O)NC(=O)N(c3ccccc3)C2=O)c(Br)c(Br)c1OCc1ccc(Cl)c(Cl)c1. The zero-order valence-electron chi connectivity index (χ0n) is 18.5. The Hall–Kier alpha value is -2.85. The number of barbiturate groups is 1. The van der Waals surface area contributed by atoms with Crippen molar-refractivity contribution in [2.75, 3.05) is 12.0 Å². The first-order valence-corrected chi connectivity index (χ1v) is 12.6. The fourth-order valence-corrected chi connectivity index (χ4v) is 4.67. The Bertz CT molecular complexity index is 1410. The van der Waals surface area contributed by atoms with Crippen molar-refractivity contribution in [3.05, 3.63) is 90.3 Å². The minimum Gasteiger partial charge on any atom is -0.493 e. The van der Waals surface area contributed by atoms with E-state index < -0.39 is 17.8 Å². The van der Waals surface area contributed by atoms with E-state index in [0.717, 1.165) is 10.5 Å². The molecule has 3 aromatic carbocycles. The average Bonchev–Trinajstić information content (AvgIpc) is 2.86. The lowest BCUT2D eigenvalue weighted by molar-refractivity contribution is -0.122. The summed E-state index contributed by atoms with van der Waals surface area (Å²) in [5.74, 6) is -0.828. The number of halogens is 4. The Morgan fingerprint density at radius 3 is 2.36 bits per heavy atom. The van der Waals surface area contributed by atoms with Crippen molar-refractivity contribution in [1.82, 2.24) is 5.32 Å². The smallest absolute Gasteiger partial charge is 0.335 e. The Morgan fingerprint density at radius 2 is 1.69 bits per heavy atom. The molecule has 1 saturated heterocycles. The van der Waals surface area contributed by atoms with Gasteiger partial charge in [-0.15, -0.1) is 0 Å². The van der Waals surface area contributed by atoms with Gasteiger partial charge in [0, 0.05) is 4.47 Å². The summed E-state index contributed by atoms with van der Waals surface area (Å²) in [6, 6.07) is 14.3. The maximum Gasteiger partial charge on any atom is 0.335 e. The van der Waals surface area contributed by atoms with Gasteiger partial charge in [0.1, 0.15) is 12.2 Å². The van der Waals surface area contributed by atoms with Gasteiger partial charge in [-0.2, -0.15) is 0 Å². The normalized spacial score (nSPS) is 14.8. The number of methoxy groups -OCH3 is 1. The minimum absolute atomic E-state index is 0.174. The van der Waals surface area contributed by atoms with Gasteiger partial charge in [-0.1, -0.05) is 47.5 Å². The number of nitrogens with zero attached hydrogens (tertiary/aromatic N) is 1. The largest absolute Gasteiger partial charge is 0.493 e. The third-order valence-electron chi connectivity index (χ3n) is 5.16. The van der Waals surface area contributed by atoms with Gasteiger partial charge in [-0.3, -0.25) is 14.9 Å². The number of anilines is 1. The van der Waals surface area contributed by atoms with Crippen molar-refractivity contribution in [1.29, 1.82) is 0 Å². The standard InChI is InChI=1S/C25H16Br2Cl2N2O5/c1-35-19-11-14(20(26)21(27)22(19)36-12-13-7-8-17(28)18(29)9-13)10-16-23(32)30-25(34)31(24(16)33)15-5-3-2-4-6-15/h2-11H,12H2,1H3,(H,30,32,34)/b16-10+. The fourth-order valence-electron chi connectivity index (χ4n) is 3.41. The molecule has 4 rings (SSSR count). The number of rotatable bonds is 6. The summed E-state index contributed by atoms with van der Waals surface area (Å²) < 4.78 is 12.5. The molecule has 0 radical (unpaired) electrons. The number of urea groups is 1. The van der Waals surface area contributed by atoms with Crippen LogP contribution in [0, 0.1) is 0 Å². The average molecular weight is 655 g/mol. The van der Waals surface area contributed by atoms with Crippen LogP contribution in [0.25, 0.3) is 6.08 Å². The molecule has 0 atom stereocenters. The van der Waals surface area contributed by atoms with Gasteiger partial charge in [0.2, 0.25) is 0 Å². The predicted molar refractivity (Wildman–Crippen MR) is 145 cm³/mol. The molecule has 0 aromatic heterocycles. The summed E-state index contributed by atoms with van der Waals surface area (Å²) in [6.07, 6.45) is 1.38. The van der Waals surface area contributed by atoms with Gasteiger partial charge >= 0.3 is 6.03 Å². The van der Waals surface area contributed by atoms with Crippen LogP contribution in [-0.4, -0.2) is 25.0 Å². The van der Waals surface area contributed by atoms with Crippen molar-refractivity contribution in [2.45, 2.75) is 6.61 Å². The van der Waals surface area contributed by atoms with Crippen LogP contribution in [0.3, 0.4) is 0 Å². The van der Waals surface area contributed by atoms with Gasteiger partial charge in [0.05, 0.1) is 27.3 Å². The van der Waals surface area contributed by atoms with E-state index >= 15 is 0 Å². The first-order valence-electron chi connectivity index (χ1n) is 10.3. The first-order chi connectivity index (χ1) is 17.2. The molecule has 1 heterocycles. The van der Waals surface area contributed by atoms with Crippen LogP contribution >= 0.6 is 55.1 Å². The zero-order chi connectivity index (χ0) is 26.0. The first kappa shape index (κ1) is 26.2. The molecule has 7 nitrogen and oxygen atoms in total. The van der Waals surface area contributed by atoms with Crippen LogP contribution in [0.1, 0.15) is 11.1 Å². The number of ether oxygens (including phenoxy) is 2. The Kier molecular flexibility index (Phi) is 8.04. The highest BCUT2D eigenvalue weighted by Gasteiger charge is 2.37. The molecule has 0 saturated carbocycles. The van der Waals surface area contributed by atoms with Crippen LogP contribution in [0.4, 0.5) is 10.5 Å². The van der Waals surface area contributed by atoms with Crippen molar-refractivity contribution >= 4 is 84.7 Å². The van der Waals surface area contributed by atoms with Crippen molar-refractivity contribution in [2.24, 2.45) is 0 Å². The van der Waals surface area contributed by atoms with Crippen molar-refractivity contribution < 1.29 is 23.9 Å². The second-order valence-electron chi connectivity index (χ2n) is 7.46. The third kappa shape index (κ3) is 5.29. The Balaban J connectivity index is 1.68. The van der Waals surface area contributed by atoms with E-state index in [9.17, 15) is 14.4 Å². The molecule has 11 heteroatoms. The number of hydrogen-bond acceptors (Lipinski definition) is 5. The quantitative estimate of drug-likeness (QED) is 0.234. The molecule has 1 aliphatic rings. The van der Waals surface area contributed by atoms with E-state index in [0.29, 0.717) is 41.7 Å². The summed E-state index contributed by atoms with van der Waals surface area (Å²) >= 11 is 19.0. The van der Waals surface area contributed by atoms with Crippen molar-refractivity contribution in [3.8, 4) is 11.5 Å². The number of para-hydroxylation sites is 1. The monoisotopic (exact) mass is 652 g/mol. The predicted octanol–water partition coefficient (Wildman–Crippen LogP) is 6.77. The summed E-state index contributed by atoms with van der Waals surface area (Å²) in [4.78, 5) is 39.0. The number of benzene rings is 3. The number of amides is 4. The van der Waals surface area contributed by atoms with E-state index in [1.54, 1.807) is 54.6 Å². The highest BCUT2D eigenvalue weighted by atomic mass is 79.9. The molecule has 36 heavy (non-hydrogen) atoms. The second-order valence-corrected chi connectivity index (χ2v) is 9.86. The molecule has 1 aliphatic heterocycles. The lowest BCUT2D eigenvalue weighted by Gasteiger charge is -2.26. The summed E-state index contributed by atoms with van der Waals surface area (Å²) in [7, 11) is 1.47. The van der Waals surface area contributed by atoms with E-state index in [1.165, 1.54) is 13.2 Å². The third-order valence-corrected chi connectivity index (χ3v) is 8.04. The number of carbonyl (C=O) groups excluding carboxylic acids is 3. The Labute approximate surface area is 233 Å². The van der Waals surface area contributed by atoms with Crippen LogP contribution in [0.15, 0.2) is 69.1 Å². The maximum absolute atomic E-state index is 13.2. The molecule has 1 N–H and O–H groups in total.